The number of halogens is 3. The third-order valence-corrected chi connectivity index (χ3v) is 5.61. The van der Waals surface area contributed by atoms with E-state index in [1.807, 2.05) is 36.9 Å². The first-order chi connectivity index (χ1) is 14.7. The van der Waals surface area contributed by atoms with Crippen LogP contribution in [0.5, 0.6) is 0 Å². The maximum Gasteiger partial charge on any atom is 0.417 e. The maximum atomic E-state index is 12.9. The van der Waals surface area contributed by atoms with E-state index in [-0.39, 0.29) is 11.6 Å². The largest absolute Gasteiger partial charge is 0.417 e. The molecule has 6 nitrogen and oxygen atoms in total. The zero-order chi connectivity index (χ0) is 22.2. The standard InChI is InChI=1S/C22H22F3N5O/c1-14-3-4-15(21(31)28-18-8-17(9-26-10-18)22(23,24)25)7-19(14)16-5-6-30(12-16)20-11-27-13-29(20)2/h3-4,7-11,13,16H,5-6,12H2,1-2H3,(H,28,31)/t16-/m1/s1. The summed E-state index contributed by atoms with van der Waals surface area (Å²) in [6.45, 7) is 3.69. The summed E-state index contributed by atoms with van der Waals surface area (Å²) in [7, 11) is 1.95. The fourth-order valence-corrected chi connectivity index (χ4v) is 3.97. The van der Waals surface area contributed by atoms with E-state index in [1.54, 1.807) is 12.4 Å². The molecule has 1 saturated heterocycles. The molecule has 3 heterocycles. The van der Waals surface area contributed by atoms with Gasteiger partial charge in [0.1, 0.15) is 5.82 Å². The van der Waals surface area contributed by atoms with E-state index in [1.165, 1.54) is 6.20 Å². The zero-order valence-electron chi connectivity index (χ0n) is 17.1. The molecule has 3 aromatic rings. The Morgan fingerprint density at radius 2 is 1.97 bits per heavy atom. The van der Waals surface area contributed by atoms with Crippen LogP contribution in [0.25, 0.3) is 0 Å². The van der Waals surface area contributed by atoms with E-state index in [4.69, 9.17) is 0 Å². The number of anilines is 2. The van der Waals surface area contributed by atoms with E-state index in [0.717, 1.165) is 48.7 Å². The molecule has 1 atom stereocenters. The second kappa shape index (κ2) is 8.05. The number of carbonyl (C=O) groups excluding carboxylic acids is 1. The van der Waals surface area contributed by atoms with E-state index >= 15 is 0 Å². The molecule has 0 radical (unpaired) electrons. The molecule has 1 N–H and O–H groups in total. The molecule has 1 aliphatic heterocycles. The van der Waals surface area contributed by atoms with Gasteiger partial charge in [-0.05, 0) is 42.7 Å². The number of alkyl halides is 3. The molecule has 0 unspecified atom stereocenters. The number of hydrogen-bond donors (Lipinski definition) is 1. The van der Waals surface area contributed by atoms with Gasteiger partial charge in [-0.15, -0.1) is 0 Å². The summed E-state index contributed by atoms with van der Waals surface area (Å²) in [5.74, 6) is 0.827. The lowest BCUT2D eigenvalue weighted by Crippen LogP contribution is -2.21. The fourth-order valence-electron chi connectivity index (χ4n) is 3.97. The Morgan fingerprint density at radius 1 is 1.16 bits per heavy atom. The molecule has 1 amide bonds. The summed E-state index contributed by atoms with van der Waals surface area (Å²) in [5.41, 5.74) is 1.65. The number of pyridine rings is 1. The number of aryl methyl sites for hydroxylation is 2. The highest BCUT2D eigenvalue weighted by Gasteiger charge is 2.31. The summed E-state index contributed by atoms with van der Waals surface area (Å²) < 4.78 is 40.7. The van der Waals surface area contributed by atoms with Gasteiger partial charge in [-0.3, -0.25) is 9.78 Å². The van der Waals surface area contributed by atoms with Gasteiger partial charge < -0.3 is 14.8 Å². The summed E-state index contributed by atoms with van der Waals surface area (Å²) in [4.78, 5) is 22.7. The lowest BCUT2D eigenvalue weighted by molar-refractivity contribution is -0.137. The molecule has 162 valence electrons. The van der Waals surface area contributed by atoms with Gasteiger partial charge in [-0.25, -0.2) is 4.98 Å². The van der Waals surface area contributed by atoms with Gasteiger partial charge in [0.05, 0.1) is 30.0 Å². The predicted octanol–water partition coefficient (Wildman–Crippen LogP) is 4.39. The Kier molecular flexibility index (Phi) is 5.43. The maximum absolute atomic E-state index is 12.9. The first-order valence-corrected chi connectivity index (χ1v) is 9.88. The highest BCUT2D eigenvalue weighted by molar-refractivity contribution is 6.04. The molecular formula is C22H22F3N5O. The van der Waals surface area contributed by atoms with Crippen LogP contribution in [0.4, 0.5) is 24.7 Å². The Labute approximate surface area is 177 Å². The molecule has 9 heteroatoms. The van der Waals surface area contributed by atoms with Gasteiger partial charge in [0.15, 0.2) is 0 Å². The summed E-state index contributed by atoms with van der Waals surface area (Å²) in [6.07, 6.45) is 1.95. The molecule has 1 fully saturated rings. The number of rotatable bonds is 4. The van der Waals surface area contributed by atoms with Crippen LogP contribution in [0.1, 0.15) is 39.4 Å². The summed E-state index contributed by atoms with van der Waals surface area (Å²) >= 11 is 0. The molecule has 2 aromatic heterocycles. The van der Waals surface area contributed by atoms with Crippen molar-refractivity contribution in [1.29, 1.82) is 0 Å². The number of imidazole rings is 1. The second-order valence-corrected chi connectivity index (χ2v) is 7.78. The SMILES string of the molecule is Cc1ccc(C(=O)Nc2cncc(C(F)(F)F)c2)cc1[C@@H]1CCN(c2cncn2C)C1. The monoisotopic (exact) mass is 429 g/mol. The van der Waals surface area contributed by atoms with Crippen molar-refractivity contribution in [1.82, 2.24) is 14.5 Å². The molecular weight excluding hydrogens is 407 g/mol. The van der Waals surface area contributed by atoms with Gasteiger partial charge in [0.2, 0.25) is 0 Å². The molecule has 0 bridgehead atoms. The van der Waals surface area contributed by atoms with Crippen molar-refractivity contribution < 1.29 is 18.0 Å². The fraction of sp³-hybridized carbons (Fsp3) is 0.318. The molecule has 1 aromatic carbocycles. The van der Waals surface area contributed by atoms with Crippen LogP contribution in [-0.2, 0) is 13.2 Å². The third-order valence-electron chi connectivity index (χ3n) is 5.61. The minimum atomic E-state index is -4.52. The number of hydrogen-bond acceptors (Lipinski definition) is 4. The summed E-state index contributed by atoms with van der Waals surface area (Å²) in [6, 6.07) is 6.27. The second-order valence-electron chi connectivity index (χ2n) is 7.78. The van der Waals surface area contributed by atoms with E-state index in [9.17, 15) is 18.0 Å². The van der Waals surface area contributed by atoms with Crippen molar-refractivity contribution in [3.8, 4) is 0 Å². The molecule has 0 aliphatic carbocycles. The van der Waals surface area contributed by atoms with Crippen LogP contribution in [0.2, 0.25) is 0 Å². The molecule has 0 saturated carbocycles. The highest BCUT2D eigenvalue weighted by atomic mass is 19.4. The van der Waals surface area contributed by atoms with Crippen molar-refractivity contribution in [2.24, 2.45) is 7.05 Å². The van der Waals surface area contributed by atoms with Crippen LogP contribution in [0.15, 0.2) is 49.2 Å². The number of carbonyl (C=O) groups is 1. The molecule has 4 rings (SSSR count). The lowest BCUT2D eigenvalue weighted by atomic mass is 9.92. The van der Waals surface area contributed by atoms with Crippen molar-refractivity contribution in [2.45, 2.75) is 25.4 Å². The average molecular weight is 429 g/mol. The van der Waals surface area contributed by atoms with Crippen LogP contribution in [0.3, 0.4) is 0 Å². The zero-order valence-corrected chi connectivity index (χ0v) is 17.1. The normalized spacial score (nSPS) is 16.5. The first-order valence-electron chi connectivity index (χ1n) is 9.88. The van der Waals surface area contributed by atoms with Crippen molar-refractivity contribution in [3.63, 3.8) is 0 Å². The average Bonchev–Trinajstić information content (AvgIpc) is 3.36. The first kappa shape index (κ1) is 20.9. The van der Waals surface area contributed by atoms with Crippen LogP contribution in [-0.4, -0.2) is 33.5 Å². The number of aromatic nitrogens is 3. The lowest BCUT2D eigenvalue weighted by Gasteiger charge is -2.19. The van der Waals surface area contributed by atoms with Gasteiger partial charge in [-0.1, -0.05) is 6.07 Å². The Morgan fingerprint density at radius 3 is 2.68 bits per heavy atom. The van der Waals surface area contributed by atoms with Crippen LogP contribution < -0.4 is 10.2 Å². The van der Waals surface area contributed by atoms with Gasteiger partial charge in [0.25, 0.3) is 5.91 Å². The molecule has 0 spiro atoms. The van der Waals surface area contributed by atoms with Crippen LogP contribution >= 0.6 is 0 Å². The quantitative estimate of drug-likeness (QED) is 0.668. The minimum absolute atomic E-state index is 0.00481. The smallest absolute Gasteiger partial charge is 0.356 e. The molecule has 1 aliphatic rings. The topological polar surface area (TPSA) is 63.1 Å². The number of benzene rings is 1. The number of nitrogens with one attached hydrogen (secondary N) is 1. The molecule has 31 heavy (non-hydrogen) atoms. The highest BCUT2D eigenvalue weighted by Crippen LogP contribution is 2.33. The van der Waals surface area contributed by atoms with E-state index in [2.05, 4.69) is 20.2 Å². The van der Waals surface area contributed by atoms with Crippen molar-refractivity contribution in [2.75, 3.05) is 23.3 Å². The van der Waals surface area contributed by atoms with Crippen molar-refractivity contribution in [3.05, 3.63) is 71.4 Å². The van der Waals surface area contributed by atoms with Crippen molar-refractivity contribution >= 4 is 17.4 Å². The Hall–Kier alpha value is -3.36. The predicted molar refractivity (Wildman–Crippen MR) is 111 cm³/mol. The Bertz CT molecular complexity index is 1110. The third kappa shape index (κ3) is 4.40. The van der Waals surface area contributed by atoms with Crippen LogP contribution in [0, 0.1) is 6.92 Å². The van der Waals surface area contributed by atoms with E-state index < -0.39 is 17.6 Å². The van der Waals surface area contributed by atoms with E-state index in [0.29, 0.717) is 5.56 Å². The van der Waals surface area contributed by atoms with Gasteiger partial charge in [0, 0.05) is 37.8 Å². The summed E-state index contributed by atoms with van der Waals surface area (Å²) in [5, 5.41) is 2.52. The Balaban J connectivity index is 1.52. The van der Waals surface area contributed by atoms with Gasteiger partial charge >= 0.3 is 6.18 Å². The number of nitrogens with zero attached hydrogens (tertiary/aromatic N) is 4. The van der Waals surface area contributed by atoms with Gasteiger partial charge in [-0.2, -0.15) is 13.2 Å². The minimum Gasteiger partial charge on any atom is -0.356 e. The number of amides is 1.